The molecule has 0 saturated heterocycles. The summed E-state index contributed by atoms with van der Waals surface area (Å²) in [4.78, 5) is 10.6. The second-order valence-corrected chi connectivity index (χ2v) is 5.63. The van der Waals surface area contributed by atoms with Crippen molar-refractivity contribution in [2.24, 2.45) is 5.41 Å². The molecule has 17 heavy (non-hydrogen) atoms. The number of nitro benzene ring substituents is 1. The van der Waals surface area contributed by atoms with Gasteiger partial charge in [0.2, 0.25) is 0 Å². The van der Waals surface area contributed by atoms with Crippen LogP contribution in [0.15, 0.2) is 18.2 Å². The zero-order valence-corrected chi connectivity index (χ0v) is 10.8. The second kappa shape index (κ2) is 4.30. The van der Waals surface area contributed by atoms with Gasteiger partial charge >= 0.3 is 0 Å². The lowest BCUT2D eigenvalue weighted by molar-refractivity contribution is -0.385. The van der Waals surface area contributed by atoms with Gasteiger partial charge in [0.05, 0.1) is 4.92 Å². The first-order chi connectivity index (χ1) is 7.96. The monoisotopic (exact) mass is 253 g/mol. The highest BCUT2D eigenvalue weighted by Gasteiger charge is 2.46. The van der Waals surface area contributed by atoms with Crippen molar-refractivity contribution in [1.82, 2.24) is 0 Å². The van der Waals surface area contributed by atoms with Gasteiger partial charge in [-0.25, -0.2) is 0 Å². The third kappa shape index (κ3) is 2.29. The minimum Gasteiger partial charge on any atom is -0.258 e. The molecule has 92 valence electrons. The minimum atomic E-state index is -0.317. The molecule has 0 N–H and O–H groups in total. The topological polar surface area (TPSA) is 43.1 Å². The van der Waals surface area contributed by atoms with E-state index < -0.39 is 0 Å². The van der Waals surface area contributed by atoms with Crippen LogP contribution in [0, 0.1) is 22.5 Å². The molecule has 3 nitrogen and oxygen atoms in total. The van der Waals surface area contributed by atoms with Crippen molar-refractivity contribution in [1.29, 1.82) is 0 Å². The maximum absolute atomic E-state index is 10.9. The third-order valence-corrected chi connectivity index (χ3v) is 4.36. The molecule has 4 heteroatoms. The van der Waals surface area contributed by atoms with E-state index in [-0.39, 0.29) is 21.4 Å². The summed E-state index contributed by atoms with van der Waals surface area (Å²) in [6.07, 6.45) is 3.10. The van der Waals surface area contributed by atoms with Crippen molar-refractivity contribution in [2.75, 3.05) is 0 Å². The van der Waals surface area contributed by atoms with Gasteiger partial charge in [-0.2, -0.15) is 0 Å². The molecular weight excluding hydrogens is 238 g/mol. The Morgan fingerprint density at radius 3 is 2.65 bits per heavy atom. The number of benzene rings is 1. The van der Waals surface area contributed by atoms with Gasteiger partial charge in [0.15, 0.2) is 0 Å². The molecular formula is C13H16ClNO2. The van der Waals surface area contributed by atoms with E-state index in [1.54, 1.807) is 12.1 Å². The van der Waals surface area contributed by atoms with Crippen LogP contribution in [0.3, 0.4) is 0 Å². The highest BCUT2D eigenvalue weighted by molar-refractivity contribution is 6.21. The lowest BCUT2D eigenvalue weighted by Gasteiger charge is -2.18. The van der Waals surface area contributed by atoms with Gasteiger partial charge in [-0.05, 0) is 44.1 Å². The van der Waals surface area contributed by atoms with Gasteiger partial charge in [0.1, 0.15) is 0 Å². The third-order valence-electron chi connectivity index (χ3n) is 3.89. The van der Waals surface area contributed by atoms with Crippen LogP contribution in [0.25, 0.3) is 0 Å². The van der Waals surface area contributed by atoms with Crippen LogP contribution in [-0.2, 0) is 6.42 Å². The molecule has 1 saturated carbocycles. The Kier molecular flexibility index (Phi) is 3.13. The summed E-state index contributed by atoms with van der Waals surface area (Å²) in [6, 6.07) is 5.29. The normalized spacial score (nSPS) is 18.8. The van der Waals surface area contributed by atoms with E-state index in [2.05, 4.69) is 0 Å². The summed E-state index contributed by atoms with van der Waals surface area (Å²) >= 11 is 6.20. The van der Waals surface area contributed by atoms with Gasteiger partial charge in [0, 0.05) is 17.0 Å². The fourth-order valence-electron chi connectivity index (χ4n) is 2.31. The van der Waals surface area contributed by atoms with Crippen LogP contribution < -0.4 is 0 Å². The lowest BCUT2D eigenvalue weighted by Crippen LogP contribution is -2.16. The Hall–Kier alpha value is -1.09. The summed E-state index contributed by atoms with van der Waals surface area (Å²) in [5, 5.41) is 11.0. The number of hydrogen-bond acceptors (Lipinski definition) is 2. The van der Waals surface area contributed by atoms with Gasteiger partial charge in [-0.15, -0.1) is 11.6 Å². The highest BCUT2D eigenvalue weighted by atomic mass is 35.5. The summed E-state index contributed by atoms with van der Waals surface area (Å²) in [6.45, 7) is 3.84. The molecule has 1 unspecified atom stereocenters. The Labute approximate surface area is 106 Å². The minimum absolute atomic E-state index is 0.126. The summed E-state index contributed by atoms with van der Waals surface area (Å²) in [5.74, 6) is 0. The maximum Gasteiger partial charge on any atom is 0.272 e. The predicted octanol–water partition coefficient (Wildman–Crippen LogP) is 3.85. The molecule has 1 aromatic rings. The van der Waals surface area contributed by atoms with Crippen LogP contribution in [0.2, 0.25) is 0 Å². The molecule has 0 radical (unpaired) electrons. The van der Waals surface area contributed by atoms with Crippen molar-refractivity contribution in [3.05, 3.63) is 39.4 Å². The van der Waals surface area contributed by atoms with Crippen LogP contribution in [0.1, 0.15) is 30.9 Å². The van der Waals surface area contributed by atoms with Crippen molar-refractivity contribution >= 4 is 17.3 Å². The quantitative estimate of drug-likeness (QED) is 0.465. The van der Waals surface area contributed by atoms with Gasteiger partial charge in [-0.1, -0.05) is 12.1 Å². The summed E-state index contributed by atoms with van der Waals surface area (Å²) < 4.78 is 0. The molecule has 1 aliphatic carbocycles. The van der Waals surface area contributed by atoms with Crippen molar-refractivity contribution in [2.45, 2.75) is 38.5 Å². The standard InChI is InChI=1S/C13H16ClNO2/c1-9-11(4-3-5-12(9)15(16)17)8-13(6-7-13)10(2)14/h3-5,10H,6-8H2,1-2H3. The molecule has 0 aliphatic heterocycles. The van der Waals surface area contributed by atoms with Crippen LogP contribution in [0.4, 0.5) is 5.69 Å². The summed E-state index contributed by atoms with van der Waals surface area (Å²) in [7, 11) is 0. The van der Waals surface area contributed by atoms with Gasteiger partial charge in [-0.3, -0.25) is 10.1 Å². The molecule has 0 bridgehead atoms. The van der Waals surface area contributed by atoms with E-state index >= 15 is 0 Å². The smallest absolute Gasteiger partial charge is 0.258 e. The van der Waals surface area contributed by atoms with Crippen molar-refractivity contribution < 1.29 is 4.92 Å². The molecule has 1 aliphatic rings. The van der Waals surface area contributed by atoms with Crippen LogP contribution in [-0.4, -0.2) is 10.3 Å². The molecule has 1 fully saturated rings. The van der Waals surface area contributed by atoms with Gasteiger partial charge in [0.25, 0.3) is 5.69 Å². The highest BCUT2D eigenvalue weighted by Crippen LogP contribution is 2.53. The lowest BCUT2D eigenvalue weighted by atomic mass is 9.91. The Bertz CT molecular complexity index is 453. The van der Waals surface area contributed by atoms with Gasteiger partial charge < -0.3 is 0 Å². The zero-order valence-electron chi connectivity index (χ0n) is 10.1. The predicted molar refractivity (Wildman–Crippen MR) is 68.5 cm³/mol. The average Bonchev–Trinajstić information content (AvgIpc) is 3.02. The first-order valence-corrected chi connectivity index (χ1v) is 6.27. The molecule has 2 rings (SSSR count). The van der Waals surface area contributed by atoms with E-state index in [9.17, 15) is 10.1 Å². The van der Waals surface area contributed by atoms with Crippen LogP contribution >= 0.6 is 11.6 Å². The molecule has 0 aromatic heterocycles. The number of nitrogens with zero attached hydrogens (tertiary/aromatic N) is 1. The second-order valence-electron chi connectivity index (χ2n) is 4.97. The molecule has 0 spiro atoms. The number of rotatable bonds is 4. The SMILES string of the molecule is Cc1c(CC2(C(C)Cl)CC2)cccc1[N+](=O)[O-]. The molecule has 1 aromatic carbocycles. The maximum atomic E-state index is 10.9. The fourth-order valence-corrected chi connectivity index (χ4v) is 2.61. The molecule has 1 atom stereocenters. The van der Waals surface area contributed by atoms with Crippen molar-refractivity contribution in [3.63, 3.8) is 0 Å². The van der Waals surface area contributed by atoms with Crippen molar-refractivity contribution in [3.8, 4) is 0 Å². The average molecular weight is 254 g/mol. The van der Waals surface area contributed by atoms with E-state index in [0.29, 0.717) is 0 Å². The molecule has 0 amide bonds. The van der Waals surface area contributed by atoms with E-state index in [1.807, 2.05) is 19.9 Å². The Morgan fingerprint density at radius 2 is 2.18 bits per heavy atom. The molecule has 0 heterocycles. The van der Waals surface area contributed by atoms with E-state index in [4.69, 9.17) is 11.6 Å². The number of halogens is 1. The summed E-state index contributed by atoms with van der Waals surface area (Å²) in [5.41, 5.74) is 2.22. The first kappa shape index (κ1) is 12.4. The van der Waals surface area contributed by atoms with E-state index in [0.717, 1.165) is 30.4 Å². The first-order valence-electron chi connectivity index (χ1n) is 5.83. The Balaban J connectivity index is 2.28. The number of hydrogen-bond donors (Lipinski definition) is 0. The number of alkyl halides is 1. The van der Waals surface area contributed by atoms with E-state index in [1.165, 1.54) is 0 Å². The largest absolute Gasteiger partial charge is 0.272 e. The number of nitro groups is 1. The Morgan fingerprint density at radius 1 is 1.53 bits per heavy atom. The zero-order chi connectivity index (χ0) is 12.6. The fraction of sp³-hybridized carbons (Fsp3) is 0.538. The van der Waals surface area contributed by atoms with Crippen LogP contribution in [0.5, 0.6) is 0 Å².